The number of benzene rings is 1. The molecule has 0 amide bonds. The zero-order chi connectivity index (χ0) is 10.1. The Morgan fingerprint density at radius 3 is 2.64 bits per heavy atom. The lowest BCUT2D eigenvalue weighted by Gasteiger charge is -2.05. The minimum absolute atomic E-state index is 0.129. The molecule has 1 aromatic carbocycles. The van der Waals surface area contributed by atoms with Crippen molar-refractivity contribution >= 4 is 22.7 Å². The number of nitrogens with zero attached hydrogens (tertiary/aromatic N) is 2. The molecular weight excluding hydrogens is 182 g/mol. The van der Waals surface area contributed by atoms with Gasteiger partial charge in [0.1, 0.15) is 5.82 Å². The number of hydrogen-bond donors (Lipinski definition) is 3. The van der Waals surface area contributed by atoms with Crippen molar-refractivity contribution < 1.29 is 4.84 Å². The average molecular weight is 191 g/mol. The number of anilines is 2. The van der Waals surface area contributed by atoms with Gasteiger partial charge < -0.3 is 16.3 Å². The Hall–Kier alpha value is -2.08. The number of rotatable bonds is 1. The molecule has 72 valence electrons. The fraction of sp³-hybridized carbons (Fsp3) is 0. The Morgan fingerprint density at radius 2 is 1.93 bits per heavy atom. The Balaban J connectivity index is 2.87. The van der Waals surface area contributed by atoms with Crippen LogP contribution in [0.2, 0.25) is 0 Å². The summed E-state index contributed by atoms with van der Waals surface area (Å²) >= 11 is 0. The van der Waals surface area contributed by atoms with E-state index in [0.29, 0.717) is 16.7 Å². The highest BCUT2D eigenvalue weighted by Gasteiger charge is 2.08. The molecule has 14 heavy (non-hydrogen) atoms. The lowest BCUT2D eigenvalue weighted by molar-refractivity contribution is 0.338. The molecule has 0 saturated heterocycles. The number of nitrogen functional groups attached to an aromatic ring is 2. The Labute approximate surface area is 79.6 Å². The molecular formula is C8H9N5O. The van der Waals surface area contributed by atoms with Crippen LogP contribution < -0.4 is 22.2 Å². The quantitative estimate of drug-likeness (QED) is 0.549. The monoisotopic (exact) mass is 191 g/mol. The van der Waals surface area contributed by atoms with Gasteiger partial charge in [-0.2, -0.15) is 10.9 Å². The third-order valence-corrected chi connectivity index (χ3v) is 1.86. The van der Waals surface area contributed by atoms with Crippen LogP contribution in [0.4, 0.5) is 11.8 Å². The van der Waals surface area contributed by atoms with Gasteiger partial charge in [-0.25, -0.2) is 4.98 Å². The maximum absolute atomic E-state index is 5.67. The second-order valence-electron chi connectivity index (χ2n) is 2.74. The summed E-state index contributed by atoms with van der Waals surface area (Å²) in [5, 5.41) is 0.573. The summed E-state index contributed by atoms with van der Waals surface area (Å²) in [6, 6.07) is 5.18. The highest BCUT2D eigenvalue weighted by Crippen LogP contribution is 2.27. The maximum Gasteiger partial charge on any atom is 0.222 e. The van der Waals surface area contributed by atoms with Crippen molar-refractivity contribution in [2.24, 2.45) is 5.90 Å². The first-order valence-electron chi connectivity index (χ1n) is 3.91. The van der Waals surface area contributed by atoms with Gasteiger partial charge in [0.25, 0.3) is 0 Å². The van der Waals surface area contributed by atoms with E-state index in [1.807, 2.05) is 0 Å². The van der Waals surface area contributed by atoms with Crippen LogP contribution in [0.1, 0.15) is 0 Å². The van der Waals surface area contributed by atoms with E-state index in [-0.39, 0.29) is 11.8 Å². The molecule has 0 aliphatic heterocycles. The fourth-order valence-corrected chi connectivity index (χ4v) is 1.30. The minimum Gasteiger partial charge on any atom is -0.411 e. The van der Waals surface area contributed by atoms with Crippen LogP contribution in [0.15, 0.2) is 18.2 Å². The lowest BCUT2D eigenvalue weighted by Crippen LogP contribution is -2.06. The van der Waals surface area contributed by atoms with Gasteiger partial charge in [0, 0.05) is 0 Å². The van der Waals surface area contributed by atoms with Crippen molar-refractivity contribution in [1.82, 2.24) is 9.97 Å². The van der Waals surface area contributed by atoms with E-state index in [4.69, 9.17) is 17.4 Å². The predicted molar refractivity (Wildman–Crippen MR) is 53.2 cm³/mol. The van der Waals surface area contributed by atoms with Crippen LogP contribution in [-0.2, 0) is 0 Å². The molecule has 1 heterocycles. The minimum atomic E-state index is 0.129. The van der Waals surface area contributed by atoms with Crippen LogP contribution in [0.3, 0.4) is 0 Å². The highest BCUT2D eigenvalue weighted by atomic mass is 16.6. The molecule has 0 radical (unpaired) electrons. The number of hydrogen-bond acceptors (Lipinski definition) is 6. The van der Waals surface area contributed by atoms with Gasteiger partial charge in [0.15, 0.2) is 5.75 Å². The first kappa shape index (κ1) is 8.52. The van der Waals surface area contributed by atoms with Gasteiger partial charge in [0.2, 0.25) is 5.95 Å². The zero-order valence-electron chi connectivity index (χ0n) is 7.27. The standard InChI is InChI=1S/C8H9N5O/c9-7-6-4(12-8(10)13-7)2-1-3-5(6)14-11/h1-3H,11H2,(H4,9,10,12,13). The van der Waals surface area contributed by atoms with E-state index >= 15 is 0 Å². The molecule has 2 rings (SSSR count). The molecule has 0 spiro atoms. The van der Waals surface area contributed by atoms with Gasteiger partial charge in [-0.1, -0.05) is 6.07 Å². The zero-order valence-corrected chi connectivity index (χ0v) is 7.27. The summed E-state index contributed by atoms with van der Waals surface area (Å²) < 4.78 is 0. The summed E-state index contributed by atoms with van der Waals surface area (Å²) in [4.78, 5) is 12.5. The molecule has 6 nitrogen and oxygen atoms in total. The molecule has 6 heteroatoms. The lowest BCUT2D eigenvalue weighted by atomic mass is 10.2. The first-order chi connectivity index (χ1) is 6.72. The van der Waals surface area contributed by atoms with Crippen LogP contribution in [0.25, 0.3) is 10.9 Å². The largest absolute Gasteiger partial charge is 0.411 e. The summed E-state index contributed by atoms with van der Waals surface area (Å²) in [6.45, 7) is 0. The summed E-state index contributed by atoms with van der Waals surface area (Å²) in [7, 11) is 0. The summed E-state index contributed by atoms with van der Waals surface area (Å²) in [5.74, 6) is 5.90. The van der Waals surface area contributed by atoms with Crippen molar-refractivity contribution in [2.75, 3.05) is 11.5 Å². The van der Waals surface area contributed by atoms with Gasteiger partial charge in [0.05, 0.1) is 10.9 Å². The smallest absolute Gasteiger partial charge is 0.222 e. The van der Waals surface area contributed by atoms with Crippen molar-refractivity contribution in [3.8, 4) is 5.75 Å². The normalized spacial score (nSPS) is 10.4. The van der Waals surface area contributed by atoms with Crippen LogP contribution in [0.5, 0.6) is 5.75 Å². The van der Waals surface area contributed by atoms with E-state index in [1.165, 1.54) is 0 Å². The second-order valence-corrected chi connectivity index (χ2v) is 2.74. The van der Waals surface area contributed by atoms with Crippen molar-refractivity contribution in [3.63, 3.8) is 0 Å². The maximum atomic E-state index is 5.67. The van der Waals surface area contributed by atoms with E-state index in [1.54, 1.807) is 18.2 Å². The van der Waals surface area contributed by atoms with Crippen molar-refractivity contribution in [2.45, 2.75) is 0 Å². The molecule has 0 unspecified atom stereocenters. The Morgan fingerprint density at radius 1 is 1.14 bits per heavy atom. The number of nitrogens with two attached hydrogens (primary N) is 3. The van der Waals surface area contributed by atoms with E-state index in [9.17, 15) is 0 Å². The van der Waals surface area contributed by atoms with Crippen molar-refractivity contribution in [3.05, 3.63) is 18.2 Å². The SMILES string of the molecule is NOc1cccc2nc(N)nc(N)c12. The second kappa shape index (κ2) is 3.00. The predicted octanol–water partition coefficient (Wildman–Crippen LogP) is 0.0467. The summed E-state index contributed by atoms with van der Waals surface area (Å²) in [6.07, 6.45) is 0. The molecule has 2 aromatic rings. The average Bonchev–Trinajstić information content (AvgIpc) is 2.16. The number of aromatic nitrogens is 2. The molecule has 0 aliphatic carbocycles. The highest BCUT2D eigenvalue weighted by molar-refractivity contribution is 5.94. The van der Waals surface area contributed by atoms with E-state index < -0.39 is 0 Å². The molecule has 0 aliphatic rings. The third kappa shape index (κ3) is 1.17. The fourth-order valence-electron chi connectivity index (χ4n) is 1.30. The summed E-state index contributed by atoms with van der Waals surface area (Å²) in [5.41, 5.74) is 11.7. The Kier molecular flexibility index (Phi) is 1.83. The van der Waals surface area contributed by atoms with Gasteiger partial charge in [-0.15, -0.1) is 0 Å². The first-order valence-corrected chi connectivity index (χ1v) is 3.91. The van der Waals surface area contributed by atoms with Crippen LogP contribution in [0, 0.1) is 0 Å². The van der Waals surface area contributed by atoms with E-state index in [2.05, 4.69) is 14.8 Å². The van der Waals surface area contributed by atoms with Gasteiger partial charge in [-0.05, 0) is 12.1 Å². The topological polar surface area (TPSA) is 113 Å². The van der Waals surface area contributed by atoms with Gasteiger partial charge >= 0.3 is 0 Å². The molecule has 6 N–H and O–H groups in total. The molecule has 0 saturated carbocycles. The van der Waals surface area contributed by atoms with E-state index in [0.717, 1.165) is 0 Å². The Bertz CT molecular complexity index is 484. The van der Waals surface area contributed by atoms with Gasteiger partial charge in [-0.3, -0.25) is 0 Å². The van der Waals surface area contributed by atoms with Crippen LogP contribution in [-0.4, -0.2) is 9.97 Å². The number of fused-ring (bicyclic) bond motifs is 1. The van der Waals surface area contributed by atoms with Crippen LogP contribution >= 0.6 is 0 Å². The third-order valence-electron chi connectivity index (χ3n) is 1.86. The molecule has 0 atom stereocenters. The molecule has 1 aromatic heterocycles. The molecule has 0 bridgehead atoms. The van der Waals surface area contributed by atoms with Crippen molar-refractivity contribution in [1.29, 1.82) is 0 Å². The molecule has 0 fully saturated rings.